The van der Waals surface area contributed by atoms with Gasteiger partial charge in [-0.25, -0.2) is 4.98 Å². The molecule has 5 heteroatoms. The molecule has 3 rings (SSSR count). The molecule has 1 aromatic heterocycles. The molecule has 4 nitrogen and oxygen atoms in total. The van der Waals surface area contributed by atoms with Gasteiger partial charge >= 0.3 is 0 Å². The normalized spacial score (nSPS) is 26.2. The maximum absolute atomic E-state index is 8.74. The van der Waals surface area contributed by atoms with Crippen LogP contribution in [0.15, 0.2) is 18.3 Å². The Bertz CT molecular complexity index is 409. The van der Waals surface area contributed by atoms with Gasteiger partial charge in [-0.2, -0.15) is 5.26 Å². The number of rotatable bonds is 1. The molecule has 2 aliphatic rings. The molecule has 17 heavy (non-hydrogen) atoms. The lowest BCUT2D eigenvalue weighted by molar-refractivity contribution is 0.481. The Morgan fingerprint density at radius 2 is 2.00 bits per heavy atom. The zero-order valence-electron chi connectivity index (χ0n) is 9.47. The zero-order valence-corrected chi connectivity index (χ0v) is 10.3. The summed E-state index contributed by atoms with van der Waals surface area (Å²) < 4.78 is 0. The summed E-state index contributed by atoms with van der Waals surface area (Å²) in [5.41, 5.74) is 0.631. The number of hydrogen-bond acceptors (Lipinski definition) is 4. The van der Waals surface area contributed by atoms with E-state index in [9.17, 15) is 0 Å². The fourth-order valence-corrected chi connectivity index (χ4v) is 2.76. The van der Waals surface area contributed by atoms with E-state index >= 15 is 0 Å². The first-order valence-electron chi connectivity index (χ1n) is 5.73. The number of hydrogen-bond donors (Lipinski definition) is 1. The number of nitriles is 1. The summed E-state index contributed by atoms with van der Waals surface area (Å²) in [5, 5.41) is 12.2. The van der Waals surface area contributed by atoms with Crippen LogP contribution in [0.1, 0.15) is 18.4 Å². The zero-order chi connectivity index (χ0) is 11.0. The van der Waals surface area contributed by atoms with Gasteiger partial charge in [0.2, 0.25) is 0 Å². The average Bonchev–Trinajstić information content (AvgIpc) is 2.59. The van der Waals surface area contributed by atoms with E-state index in [0.29, 0.717) is 17.6 Å². The number of nitrogens with one attached hydrogen (secondary N) is 1. The van der Waals surface area contributed by atoms with E-state index in [0.717, 1.165) is 18.9 Å². The van der Waals surface area contributed by atoms with Gasteiger partial charge in [0.25, 0.3) is 0 Å². The molecule has 0 aromatic carbocycles. The summed E-state index contributed by atoms with van der Waals surface area (Å²) in [4.78, 5) is 6.80. The van der Waals surface area contributed by atoms with Gasteiger partial charge in [-0.3, -0.25) is 0 Å². The molecule has 0 aliphatic carbocycles. The van der Waals surface area contributed by atoms with Crippen molar-refractivity contribution in [1.82, 2.24) is 10.3 Å². The summed E-state index contributed by atoms with van der Waals surface area (Å²) in [5.74, 6) is 1.02. The average molecular weight is 251 g/mol. The van der Waals surface area contributed by atoms with Crippen molar-refractivity contribution < 1.29 is 0 Å². The van der Waals surface area contributed by atoms with E-state index in [1.54, 1.807) is 6.20 Å². The quantitative estimate of drug-likeness (QED) is 0.817. The Labute approximate surface area is 107 Å². The molecule has 90 valence electrons. The van der Waals surface area contributed by atoms with Gasteiger partial charge < -0.3 is 10.2 Å². The minimum absolute atomic E-state index is 0. The van der Waals surface area contributed by atoms with E-state index in [4.69, 9.17) is 5.26 Å². The van der Waals surface area contributed by atoms with Gasteiger partial charge in [0.15, 0.2) is 0 Å². The number of halogens is 1. The van der Waals surface area contributed by atoms with Crippen LogP contribution in [-0.2, 0) is 0 Å². The first-order chi connectivity index (χ1) is 7.88. The lowest BCUT2D eigenvalue weighted by Crippen LogP contribution is -2.52. The van der Waals surface area contributed by atoms with E-state index in [1.165, 1.54) is 12.8 Å². The fraction of sp³-hybridized carbons (Fsp3) is 0.500. The predicted octanol–water partition coefficient (Wildman–Crippen LogP) is 1.32. The summed E-state index contributed by atoms with van der Waals surface area (Å²) in [7, 11) is 0. The van der Waals surface area contributed by atoms with Crippen LogP contribution in [0.25, 0.3) is 0 Å². The summed E-state index contributed by atoms with van der Waals surface area (Å²) >= 11 is 0. The summed E-state index contributed by atoms with van der Waals surface area (Å²) in [6.07, 6.45) is 4.16. The molecule has 2 fully saturated rings. The Morgan fingerprint density at radius 1 is 1.29 bits per heavy atom. The highest BCUT2D eigenvalue weighted by molar-refractivity contribution is 5.85. The molecule has 2 bridgehead atoms. The Morgan fingerprint density at radius 3 is 2.53 bits per heavy atom. The van der Waals surface area contributed by atoms with E-state index in [2.05, 4.69) is 21.3 Å². The molecule has 1 N–H and O–H groups in total. The monoisotopic (exact) mass is 250 g/mol. The molecule has 0 amide bonds. The molecule has 0 radical (unpaired) electrons. The topological polar surface area (TPSA) is 52.0 Å². The number of anilines is 1. The molecular weight excluding hydrogens is 236 g/mol. The van der Waals surface area contributed by atoms with E-state index in [1.807, 2.05) is 12.1 Å². The second-order valence-electron chi connectivity index (χ2n) is 4.47. The molecule has 2 atom stereocenters. The summed E-state index contributed by atoms with van der Waals surface area (Å²) in [6.45, 7) is 2.11. The molecule has 0 spiro atoms. The highest BCUT2D eigenvalue weighted by Gasteiger charge is 2.36. The van der Waals surface area contributed by atoms with Crippen LogP contribution >= 0.6 is 12.4 Å². The largest absolute Gasteiger partial charge is 0.348 e. The predicted molar refractivity (Wildman–Crippen MR) is 68.4 cm³/mol. The van der Waals surface area contributed by atoms with Crippen LogP contribution < -0.4 is 10.2 Å². The third-order valence-corrected chi connectivity index (χ3v) is 3.52. The lowest BCUT2D eigenvalue weighted by Gasteiger charge is -2.36. The van der Waals surface area contributed by atoms with Crippen LogP contribution in [0.5, 0.6) is 0 Å². The first-order valence-corrected chi connectivity index (χ1v) is 5.73. The third-order valence-electron chi connectivity index (χ3n) is 3.52. The van der Waals surface area contributed by atoms with Crippen molar-refractivity contribution in [2.45, 2.75) is 24.9 Å². The van der Waals surface area contributed by atoms with Crippen molar-refractivity contribution in [3.05, 3.63) is 23.9 Å². The van der Waals surface area contributed by atoms with Crippen molar-refractivity contribution in [1.29, 1.82) is 5.26 Å². The smallest absolute Gasteiger partial charge is 0.129 e. The maximum Gasteiger partial charge on any atom is 0.129 e. The second kappa shape index (κ2) is 4.91. The Kier molecular flexibility index (Phi) is 3.51. The number of nitrogens with zero attached hydrogens (tertiary/aromatic N) is 3. The maximum atomic E-state index is 8.74. The number of fused-ring (bicyclic) bond motifs is 2. The van der Waals surface area contributed by atoms with Gasteiger partial charge in [0.1, 0.15) is 11.9 Å². The van der Waals surface area contributed by atoms with Gasteiger partial charge in [-0.1, -0.05) is 0 Å². The highest BCUT2D eigenvalue weighted by Crippen LogP contribution is 2.30. The Hall–Kier alpha value is -1.31. The van der Waals surface area contributed by atoms with Gasteiger partial charge in [0.05, 0.1) is 5.56 Å². The molecule has 0 saturated carbocycles. The van der Waals surface area contributed by atoms with Crippen LogP contribution in [0.3, 0.4) is 0 Å². The van der Waals surface area contributed by atoms with Crippen molar-refractivity contribution in [3.63, 3.8) is 0 Å². The minimum Gasteiger partial charge on any atom is -0.348 e. The fourth-order valence-electron chi connectivity index (χ4n) is 2.76. The molecular formula is C12H15ClN4. The molecule has 1 aromatic rings. The standard InChI is InChI=1S/C12H14N4.ClH/c13-5-9-1-4-12(15-6-9)16-10-2-3-11(16)8-14-7-10;/h1,4,6,10-11,14H,2-3,7-8H2;1H. The number of aromatic nitrogens is 1. The number of piperazine rings is 1. The molecule has 3 heterocycles. The highest BCUT2D eigenvalue weighted by atomic mass is 35.5. The van der Waals surface area contributed by atoms with Gasteiger partial charge in [-0.05, 0) is 25.0 Å². The van der Waals surface area contributed by atoms with Crippen molar-refractivity contribution in [2.24, 2.45) is 0 Å². The number of pyridine rings is 1. The van der Waals surface area contributed by atoms with Crippen LogP contribution in [0, 0.1) is 11.3 Å². The van der Waals surface area contributed by atoms with Gasteiger partial charge in [0, 0.05) is 31.4 Å². The van der Waals surface area contributed by atoms with Crippen LogP contribution in [0.4, 0.5) is 5.82 Å². The lowest BCUT2D eigenvalue weighted by atomic mass is 10.2. The van der Waals surface area contributed by atoms with Crippen LogP contribution in [0.2, 0.25) is 0 Å². The minimum atomic E-state index is 0. The van der Waals surface area contributed by atoms with Gasteiger partial charge in [-0.15, -0.1) is 12.4 Å². The van der Waals surface area contributed by atoms with Crippen molar-refractivity contribution >= 4 is 18.2 Å². The SMILES string of the molecule is Cl.N#Cc1ccc(N2C3CCC2CNC3)nc1. The summed E-state index contributed by atoms with van der Waals surface area (Å²) in [6, 6.07) is 7.09. The van der Waals surface area contributed by atoms with Crippen molar-refractivity contribution in [2.75, 3.05) is 18.0 Å². The van der Waals surface area contributed by atoms with Crippen molar-refractivity contribution in [3.8, 4) is 6.07 Å². The molecule has 2 unspecified atom stereocenters. The molecule has 2 saturated heterocycles. The Balaban J connectivity index is 0.00000108. The van der Waals surface area contributed by atoms with E-state index < -0.39 is 0 Å². The van der Waals surface area contributed by atoms with E-state index in [-0.39, 0.29) is 12.4 Å². The van der Waals surface area contributed by atoms with Crippen LogP contribution in [-0.4, -0.2) is 30.2 Å². The second-order valence-corrected chi connectivity index (χ2v) is 4.47. The first kappa shape index (κ1) is 12.2. The molecule has 2 aliphatic heterocycles. The third kappa shape index (κ3) is 2.08.